The second-order valence-electron chi connectivity index (χ2n) is 6.18. The average molecular weight is 313 g/mol. The van der Waals surface area contributed by atoms with Crippen LogP contribution in [0.3, 0.4) is 0 Å². The molecule has 2 saturated heterocycles. The Hall–Kier alpha value is -1.79. The van der Waals surface area contributed by atoms with E-state index in [9.17, 15) is 18.0 Å². The summed E-state index contributed by atoms with van der Waals surface area (Å²) < 4.78 is 37.7. The van der Waals surface area contributed by atoms with Gasteiger partial charge in [0, 0.05) is 32.9 Å². The van der Waals surface area contributed by atoms with Crippen molar-refractivity contribution in [2.45, 2.75) is 25.4 Å². The van der Waals surface area contributed by atoms with Crippen molar-refractivity contribution in [3.8, 4) is 0 Å². The molecule has 2 aliphatic rings. The highest BCUT2D eigenvalue weighted by molar-refractivity contribution is 5.84. The van der Waals surface area contributed by atoms with E-state index < -0.39 is 17.2 Å². The van der Waals surface area contributed by atoms with Gasteiger partial charge in [-0.15, -0.1) is 0 Å². The highest BCUT2D eigenvalue weighted by atomic mass is 19.4. The number of piperidine rings is 1. The minimum Gasteiger partial charge on any atom is -0.356 e. The number of carbonyl (C=O) groups is 1. The molecule has 0 bridgehead atoms. The lowest BCUT2D eigenvalue weighted by Crippen LogP contribution is -2.48. The van der Waals surface area contributed by atoms with E-state index in [1.165, 1.54) is 6.07 Å². The monoisotopic (exact) mass is 313 g/mol. The Labute approximate surface area is 126 Å². The molecule has 120 valence electrons. The van der Waals surface area contributed by atoms with E-state index in [1.807, 2.05) is 11.9 Å². The van der Waals surface area contributed by atoms with Crippen molar-refractivity contribution in [2.24, 2.45) is 5.41 Å². The molecule has 4 nitrogen and oxygen atoms in total. The molecule has 3 heterocycles. The summed E-state index contributed by atoms with van der Waals surface area (Å²) in [5.41, 5.74) is -1.14. The first-order chi connectivity index (χ1) is 10.3. The van der Waals surface area contributed by atoms with Gasteiger partial charge < -0.3 is 9.80 Å². The summed E-state index contributed by atoms with van der Waals surface area (Å²) in [5.74, 6) is 0.652. The van der Waals surface area contributed by atoms with Crippen LogP contribution in [0.15, 0.2) is 18.3 Å². The van der Waals surface area contributed by atoms with Crippen LogP contribution < -0.4 is 4.90 Å². The summed E-state index contributed by atoms with van der Waals surface area (Å²) in [6.07, 6.45) is -0.975. The van der Waals surface area contributed by atoms with Crippen molar-refractivity contribution in [1.29, 1.82) is 0 Å². The van der Waals surface area contributed by atoms with Crippen LogP contribution in [0.5, 0.6) is 0 Å². The number of aromatic nitrogens is 1. The fourth-order valence-electron chi connectivity index (χ4n) is 3.46. The third kappa shape index (κ3) is 2.53. The molecule has 3 rings (SSSR count). The Bertz CT molecular complexity index is 572. The number of carbonyl (C=O) groups excluding carboxylic acids is 1. The summed E-state index contributed by atoms with van der Waals surface area (Å²) in [5, 5.41) is 0. The largest absolute Gasteiger partial charge is 0.417 e. The maximum Gasteiger partial charge on any atom is 0.417 e. The SMILES string of the molecule is CN1CCC[C@@]2(CCN(c3ccc(C(F)(F)F)cn3)C2)C1=O. The Morgan fingerprint density at radius 1 is 1.23 bits per heavy atom. The number of nitrogens with zero attached hydrogens (tertiary/aromatic N) is 3. The van der Waals surface area contributed by atoms with Crippen molar-refractivity contribution >= 4 is 11.7 Å². The number of likely N-dealkylation sites (tertiary alicyclic amines) is 1. The van der Waals surface area contributed by atoms with Crippen molar-refractivity contribution < 1.29 is 18.0 Å². The highest BCUT2D eigenvalue weighted by Gasteiger charge is 2.47. The number of pyridine rings is 1. The highest BCUT2D eigenvalue weighted by Crippen LogP contribution is 2.41. The van der Waals surface area contributed by atoms with E-state index in [1.54, 1.807) is 4.90 Å². The first-order valence-electron chi connectivity index (χ1n) is 7.36. The lowest BCUT2D eigenvalue weighted by Gasteiger charge is -2.37. The number of rotatable bonds is 1. The summed E-state index contributed by atoms with van der Waals surface area (Å²) in [4.78, 5) is 20.0. The van der Waals surface area contributed by atoms with E-state index >= 15 is 0 Å². The van der Waals surface area contributed by atoms with Crippen LogP contribution in [0.2, 0.25) is 0 Å². The molecule has 0 aliphatic carbocycles. The average Bonchev–Trinajstić information content (AvgIpc) is 2.89. The maximum atomic E-state index is 12.6. The van der Waals surface area contributed by atoms with Gasteiger partial charge in [-0.3, -0.25) is 4.79 Å². The fourth-order valence-corrected chi connectivity index (χ4v) is 3.46. The fraction of sp³-hybridized carbons (Fsp3) is 0.600. The van der Waals surface area contributed by atoms with E-state index in [0.717, 1.165) is 38.1 Å². The zero-order chi connectivity index (χ0) is 16.0. The minimum absolute atomic E-state index is 0.146. The molecule has 2 aliphatic heterocycles. The van der Waals surface area contributed by atoms with E-state index in [0.29, 0.717) is 18.9 Å². The Morgan fingerprint density at radius 3 is 2.64 bits per heavy atom. The quantitative estimate of drug-likeness (QED) is 0.799. The number of anilines is 1. The van der Waals surface area contributed by atoms with Crippen molar-refractivity contribution in [1.82, 2.24) is 9.88 Å². The smallest absolute Gasteiger partial charge is 0.356 e. The second-order valence-corrected chi connectivity index (χ2v) is 6.18. The topological polar surface area (TPSA) is 36.4 Å². The van der Waals surface area contributed by atoms with Gasteiger partial charge in [-0.2, -0.15) is 13.2 Å². The van der Waals surface area contributed by atoms with Crippen LogP contribution in [0.4, 0.5) is 19.0 Å². The van der Waals surface area contributed by atoms with Crippen LogP contribution in [0.25, 0.3) is 0 Å². The molecule has 0 N–H and O–H groups in total. The van der Waals surface area contributed by atoms with Crippen LogP contribution in [0.1, 0.15) is 24.8 Å². The van der Waals surface area contributed by atoms with Gasteiger partial charge in [0.15, 0.2) is 0 Å². The number of halogens is 3. The van der Waals surface area contributed by atoms with Gasteiger partial charge in [-0.25, -0.2) is 4.98 Å². The number of amides is 1. The molecule has 1 spiro atoms. The van der Waals surface area contributed by atoms with Crippen LogP contribution in [-0.4, -0.2) is 42.5 Å². The predicted molar refractivity (Wildman–Crippen MR) is 75.4 cm³/mol. The molecule has 0 saturated carbocycles. The van der Waals surface area contributed by atoms with Gasteiger partial charge in [0.1, 0.15) is 5.82 Å². The third-order valence-corrected chi connectivity index (χ3v) is 4.70. The molecule has 22 heavy (non-hydrogen) atoms. The van der Waals surface area contributed by atoms with Crippen molar-refractivity contribution in [2.75, 3.05) is 31.6 Å². The lowest BCUT2D eigenvalue weighted by atomic mass is 9.78. The van der Waals surface area contributed by atoms with Gasteiger partial charge in [0.2, 0.25) is 5.91 Å². The summed E-state index contributed by atoms with van der Waals surface area (Å²) in [7, 11) is 1.81. The van der Waals surface area contributed by atoms with E-state index in [2.05, 4.69) is 4.98 Å². The first-order valence-corrected chi connectivity index (χ1v) is 7.36. The van der Waals surface area contributed by atoms with Gasteiger partial charge in [0.05, 0.1) is 11.0 Å². The number of alkyl halides is 3. The molecule has 1 aromatic heterocycles. The molecule has 0 radical (unpaired) electrons. The minimum atomic E-state index is -4.38. The second kappa shape index (κ2) is 5.14. The Balaban J connectivity index is 1.76. The standard InChI is InChI=1S/C15H18F3N3O/c1-20-7-2-5-14(13(20)22)6-8-21(10-14)12-4-3-11(9-19-12)15(16,17)18/h3-4,9H,2,5-8,10H2,1H3/t14-/m0/s1. The first kappa shape index (κ1) is 15.1. The zero-order valence-electron chi connectivity index (χ0n) is 12.4. The molecule has 1 amide bonds. The molecule has 1 atom stereocenters. The summed E-state index contributed by atoms with van der Waals surface area (Å²) >= 11 is 0. The van der Waals surface area contributed by atoms with Gasteiger partial charge in [-0.05, 0) is 31.4 Å². The molecule has 0 aromatic carbocycles. The normalized spacial score (nSPS) is 26.1. The van der Waals surface area contributed by atoms with Gasteiger partial charge in [-0.1, -0.05) is 0 Å². The lowest BCUT2D eigenvalue weighted by molar-refractivity contribution is -0.143. The molecule has 7 heteroatoms. The molecule has 1 aromatic rings. The summed E-state index contributed by atoms with van der Waals surface area (Å²) in [6, 6.07) is 2.43. The Morgan fingerprint density at radius 2 is 2.00 bits per heavy atom. The zero-order valence-corrected chi connectivity index (χ0v) is 12.4. The summed E-state index contributed by atoms with van der Waals surface area (Å²) in [6.45, 7) is 1.96. The maximum absolute atomic E-state index is 12.6. The predicted octanol–water partition coefficient (Wildman–Crippen LogP) is 2.55. The van der Waals surface area contributed by atoms with Crippen LogP contribution in [-0.2, 0) is 11.0 Å². The molecular formula is C15H18F3N3O. The van der Waals surface area contributed by atoms with E-state index in [4.69, 9.17) is 0 Å². The number of hydrogen-bond acceptors (Lipinski definition) is 3. The van der Waals surface area contributed by atoms with Crippen LogP contribution in [0, 0.1) is 5.41 Å². The van der Waals surface area contributed by atoms with E-state index in [-0.39, 0.29) is 5.91 Å². The molecule has 2 fully saturated rings. The van der Waals surface area contributed by atoms with Crippen LogP contribution >= 0.6 is 0 Å². The third-order valence-electron chi connectivity index (χ3n) is 4.70. The van der Waals surface area contributed by atoms with Gasteiger partial charge >= 0.3 is 6.18 Å². The van der Waals surface area contributed by atoms with Crippen molar-refractivity contribution in [3.63, 3.8) is 0 Å². The van der Waals surface area contributed by atoms with Crippen molar-refractivity contribution in [3.05, 3.63) is 23.9 Å². The number of hydrogen-bond donors (Lipinski definition) is 0. The molecular weight excluding hydrogens is 295 g/mol. The Kier molecular flexibility index (Phi) is 3.53. The van der Waals surface area contributed by atoms with Gasteiger partial charge in [0.25, 0.3) is 0 Å². The molecule has 0 unspecified atom stereocenters.